The van der Waals surface area contributed by atoms with E-state index in [1.54, 1.807) is 43.5 Å². The van der Waals surface area contributed by atoms with Crippen molar-refractivity contribution in [1.29, 1.82) is 0 Å². The molecule has 0 saturated carbocycles. The summed E-state index contributed by atoms with van der Waals surface area (Å²) >= 11 is 0. The van der Waals surface area contributed by atoms with Gasteiger partial charge in [0.05, 0.1) is 7.11 Å². The largest absolute Gasteiger partial charge is 0.519 e. The van der Waals surface area contributed by atoms with E-state index in [1.807, 2.05) is 66.7 Å². The van der Waals surface area contributed by atoms with Crippen LogP contribution in [0.15, 0.2) is 182 Å². The Labute approximate surface area is 364 Å². The van der Waals surface area contributed by atoms with Gasteiger partial charge in [-0.3, -0.25) is 4.79 Å². The number of hydrogen-bond acceptors (Lipinski definition) is 7. The van der Waals surface area contributed by atoms with Crippen molar-refractivity contribution >= 4 is 40.8 Å². The van der Waals surface area contributed by atoms with Crippen LogP contribution in [0.2, 0.25) is 0 Å². The normalized spacial score (nSPS) is 11.5. The predicted molar refractivity (Wildman–Crippen MR) is 249 cm³/mol. The summed E-state index contributed by atoms with van der Waals surface area (Å²) in [5.74, 6) is 1.61. The molecule has 7 rings (SSSR count). The fourth-order valence-electron chi connectivity index (χ4n) is 7.08. The van der Waals surface area contributed by atoms with Gasteiger partial charge in [0.2, 0.25) is 0 Å². The first-order chi connectivity index (χ1) is 29.9. The Kier molecular flexibility index (Phi) is 13.1. The van der Waals surface area contributed by atoms with Crippen molar-refractivity contribution in [3.05, 3.63) is 221 Å². The van der Waals surface area contributed by atoms with Gasteiger partial charge in [0.1, 0.15) is 23.0 Å². The molecule has 310 valence electrons. The van der Waals surface area contributed by atoms with Crippen LogP contribution in [0.3, 0.4) is 0 Å². The van der Waals surface area contributed by atoms with Crippen molar-refractivity contribution in [2.24, 2.45) is 0 Å². The van der Waals surface area contributed by atoms with E-state index in [0.717, 1.165) is 56.2 Å². The first-order valence-corrected chi connectivity index (χ1v) is 20.4. The van der Waals surface area contributed by atoms with Gasteiger partial charge in [0.25, 0.3) is 0 Å². The number of aryl methyl sites for hydroxylation is 2. The van der Waals surface area contributed by atoms with Crippen molar-refractivity contribution < 1.29 is 28.5 Å². The minimum Gasteiger partial charge on any atom is -0.497 e. The molecule has 0 N–H and O–H groups in total. The molecule has 7 aromatic carbocycles. The summed E-state index contributed by atoms with van der Waals surface area (Å²) in [6.07, 6.45) is 5.36. The predicted octanol–water partition coefficient (Wildman–Crippen LogP) is 13.8. The van der Waals surface area contributed by atoms with Crippen LogP contribution in [0, 0.1) is 13.8 Å². The molecule has 0 aliphatic carbocycles. The lowest BCUT2D eigenvalue weighted by Gasteiger charge is -2.26. The molecular weight excluding hydrogens is 771 g/mol. The van der Waals surface area contributed by atoms with Crippen LogP contribution in [0.4, 0.5) is 21.9 Å². The molecule has 0 atom stereocenters. The Hall–Kier alpha value is -7.64. The van der Waals surface area contributed by atoms with Crippen LogP contribution in [0.1, 0.15) is 59.7 Å². The lowest BCUT2D eigenvalue weighted by molar-refractivity contribution is -0.131. The molecule has 7 nitrogen and oxygen atoms in total. The number of allylic oxidation sites excluding steroid dienone is 2. The van der Waals surface area contributed by atoms with Crippen LogP contribution in [0.25, 0.3) is 11.6 Å². The zero-order chi connectivity index (χ0) is 43.6. The van der Waals surface area contributed by atoms with Crippen molar-refractivity contribution in [2.75, 3.05) is 12.0 Å². The molecule has 0 fully saturated rings. The minimum atomic E-state index is -0.841. The highest BCUT2D eigenvalue weighted by Crippen LogP contribution is 2.36. The smallest absolute Gasteiger partial charge is 0.497 e. The van der Waals surface area contributed by atoms with Gasteiger partial charge in [-0.05, 0) is 132 Å². The molecule has 0 amide bonds. The van der Waals surface area contributed by atoms with Crippen LogP contribution >= 0.6 is 0 Å². The second-order valence-electron chi connectivity index (χ2n) is 15.5. The highest BCUT2D eigenvalue weighted by molar-refractivity contribution is 5.82. The molecule has 0 radical (unpaired) electrons. The van der Waals surface area contributed by atoms with Crippen LogP contribution in [-0.2, 0) is 10.2 Å². The maximum atomic E-state index is 12.9. The Morgan fingerprint density at radius 2 is 0.887 bits per heavy atom. The highest BCUT2D eigenvalue weighted by atomic mass is 16.7. The molecule has 0 bridgehead atoms. The van der Waals surface area contributed by atoms with Gasteiger partial charge >= 0.3 is 12.1 Å². The molecule has 0 aliphatic rings. The summed E-state index contributed by atoms with van der Waals surface area (Å²) < 4.78 is 21.7. The Morgan fingerprint density at radius 3 is 1.31 bits per heavy atom. The number of nitrogens with zero attached hydrogens (tertiary/aromatic N) is 1. The van der Waals surface area contributed by atoms with Crippen molar-refractivity contribution in [3.8, 4) is 23.0 Å². The molecule has 0 aromatic heterocycles. The van der Waals surface area contributed by atoms with Crippen LogP contribution in [0.5, 0.6) is 23.0 Å². The summed E-state index contributed by atoms with van der Waals surface area (Å²) in [5, 5.41) is 0. The Morgan fingerprint density at radius 1 is 0.500 bits per heavy atom. The third-order valence-electron chi connectivity index (χ3n) is 10.7. The van der Waals surface area contributed by atoms with E-state index in [2.05, 4.69) is 118 Å². The summed E-state index contributed by atoms with van der Waals surface area (Å²) in [5.41, 5.74) is 11.3. The van der Waals surface area contributed by atoms with Crippen LogP contribution in [-0.4, -0.2) is 19.2 Å². The lowest BCUT2D eigenvalue weighted by atomic mass is 9.78. The van der Waals surface area contributed by atoms with E-state index in [9.17, 15) is 9.59 Å². The van der Waals surface area contributed by atoms with Gasteiger partial charge in [-0.25, -0.2) is 4.79 Å². The number of methoxy groups -OCH3 is 1. The maximum absolute atomic E-state index is 12.9. The lowest BCUT2D eigenvalue weighted by Crippen LogP contribution is -2.19. The number of carbonyl (C=O) groups is 2. The second kappa shape index (κ2) is 19.2. The highest BCUT2D eigenvalue weighted by Gasteiger charge is 2.24. The number of esters is 1. The summed E-state index contributed by atoms with van der Waals surface area (Å²) in [7, 11) is 1.65. The standard InChI is InChI=1S/C55H49NO6/c1-38-10-24-46(25-11-38)56(47-26-12-39(2)13-27-47)48-28-14-41(15-29-48)8-7-9-53(42-16-30-49(59-6)31-17-42)43-18-32-51(33-19-43)61-54(58)62-52-36-22-45(23-37-52)55(4,5)44-20-34-50(35-21-44)60-40(3)57/h7-37H,1-6H3. The zero-order valence-corrected chi connectivity index (χ0v) is 35.8. The van der Waals surface area contributed by atoms with Gasteiger partial charge in [0, 0.05) is 29.4 Å². The maximum Gasteiger partial charge on any atom is 0.519 e. The van der Waals surface area contributed by atoms with E-state index in [-0.39, 0.29) is 11.4 Å². The SMILES string of the molecule is COc1ccc(C(=CC=Cc2ccc(N(c3ccc(C)cc3)c3ccc(C)cc3)cc2)c2ccc(OC(=O)Oc3ccc(C(C)(C)c4ccc(OC(C)=O)cc4)cc3)cc2)cc1. The third kappa shape index (κ3) is 10.6. The monoisotopic (exact) mass is 819 g/mol. The molecule has 62 heavy (non-hydrogen) atoms. The molecule has 0 spiro atoms. The average molecular weight is 820 g/mol. The van der Waals surface area contributed by atoms with Crippen LogP contribution < -0.4 is 23.8 Å². The summed E-state index contributed by atoms with van der Waals surface area (Å²) in [4.78, 5) is 26.5. The van der Waals surface area contributed by atoms with E-state index in [4.69, 9.17) is 18.9 Å². The second-order valence-corrected chi connectivity index (χ2v) is 15.5. The quantitative estimate of drug-likeness (QED) is 0.0496. The van der Waals surface area contributed by atoms with Gasteiger partial charge in [-0.1, -0.05) is 128 Å². The number of benzene rings is 7. The summed E-state index contributed by atoms with van der Waals surface area (Å²) in [6, 6.07) is 55.7. The topological polar surface area (TPSA) is 74.3 Å². The van der Waals surface area contributed by atoms with Crippen molar-refractivity contribution in [3.63, 3.8) is 0 Å². The van der Waals surface area contributed by atoms with Gasteiger partial charge in [0.15, 0.2) is 0 Å². The Balaban J connectivity index is 1.04. The fourth-order valence-corrected chi connectivity index (χ4v) is 7.08. The molecule has 0 unspecified atom stereocenters. The van der Waals surface area contributed by atoms with Crippen molar-refractivity contribution in [1.82, 2.24) is 0 Å². The number of ether oxygens (including phenoxy) is 4. The number of carbonyl (C=O) groups excluding carboxylic acids is 2. The first-order valence-electron chi connectivity index (χ1n) is 20.4. The number of hydrogen-bond donors (Lipinski definition) is 0. The number of anilines is 3. The summed E-state index contributed by atoms with van der Waals surface area (Å²) in [6.45, 7) is 9.77. The molecule has 7 aromatic rings. The van der Waals surface area contributed by atoms with E-state index in [0.29, 0.717) is 17.2 Å². The molecule has 0 saturated heterocycles. The van der Waals surface area contributed by atoms with Crippen molar-refractivity contribution in [2.45, 2.75) is 40.0 Å². The van der Waals surface area contributed by atoms with E-state index < -0.39 is 6.16 Å². The van der Waals surface area contributed by atoms with E-state index in [1.165, 1.54) is 18.1 Å². The molecular formula is C55H49NO6. The molecule has 0 heterocycles. The number of rotatable bonds is 13. The van der Waals surface area contributed by atoms with Gasteiger partial charge < -0.3 is 23.8 Å². The van der Waals surface area contributed by atoms with Gasteiger partial charge in [-0.2, -0.15) is 0 Å². The van der Waals surface area contributed by atoms with E-state index >= 15 is 0 Å². The minimum absolute atomic E-state index is 0.351. The third-order valence-corrected chi connectivity index (χ3v) is 10.7. The zero-order valence-electron chi connectivity index (χ0n) is 35.8. The Bertz CT molecular complexity index is 2620. The average Bonchev–Trinajstić information content (AvgIpc) is 3.28. The molecule has 7 heteroatoms. The first kappa shape index (κ1) is 42.5. The fraction of sp³-hybridized carbons (Fsp3) is 0.127. The van der Waals surface area contributed by atoms with Gasteiger partial charge in [-0.15, -0.1) is 0 Å². The molecule has 0 aliphatic heterocycles.